The van der Waals surface area contributed by atoms with Crippen molar-refractivity contribution < 1.29 is 17.7 Å². The first-order valence-corrected chi connectivity index (χ1v) is 11.1. The summed E-state index contributed by atoms with van der Waals surface area (Å²) < 4.78 is 39.0. The lowest BCUT2D eigenvalue weighted by atomic mass is 10.1. The number of aromatic nitrogens is 2. The number of benzene rings is 2. The zero-order chi connectivity index (χ0) is 22.1. The van der Waals surface area contributed by atoms with Gasteiger partial charge >= 0.3 is 0 Å². The van der Waals surface area contributed by atoms with Gasteiger partial charge in [0.1, 0.15) is 10.6 Å². The maximum atomic E-state index is 13.5. The molecule has 9 heteroatoms. The van der Waals surface area contributed by atoms with E-state index in [0.29, 0.717) is 10.8 Å². The number of ether oxygens (including phenoxy) is 1. The van der Waals surface area contributed by atoms with Crippen LogP contribution in [0.3, 0.4) is 0 Å². The Morgan fingerprint density at radius 3 is 2.53 bits per heavy atom. The van der Waals surface area contributed by atoms with Crippen molar-refractivity contribution in [3.63, 3.8) is 0 Å². The molecule has 0 aliphatic carbocycles. The van der Waals surface area contributed by atoms with Crippen LogP contribution < -0.4 is 4.74 Å². The number of sulfonamides is 1. The van der Waals surface area contributed by atoms with Gasteiger partial charge in [0.15, 0.2) is 0 Å². The monoisotopic (exact) mass is 449 g/mol. The highest BCUT2D eigenvalue weighted by molar-refractivity contribution is 7.89. The highest BCUT2D eigenvalue weighted by Crippen LogP contribution is 2.34. The molecular weight excluding hydrogens is 426 g/mol. The zero-order valence-corrected chi connectivity index (χ0v) is 19.1. The van der Waals surface area contributed by atoms with Crippen molar-refractivity contribution in [1.29, 1.82) is 0 Å². The molecule has 7 nitrogen and oxygen atoms in total. The third-order valence-corrected chi connectivity index (χ3v) is 6.83. The van der Waals surface area contributed by atoms with Crippen LogP contribution in [-0.2, 0) is 16.6 Å². The SMILES string of the molecule is COc1ccc(Cl)cc1S(=O)(=O)N(Cc1nc(-c2cccc(C)c2)no1)C(C)(C)C. The Kier molecular flexibility index (Phi) is 6.21. The van der Waals surface area contributed by atoms with Gasteiger partial charge in [-0.25, -0.2) is 8.42 Å². The Hall–Kier alpha value is -2.42. The average molecular weight is 450 g/mol. The molecule has 0 N–H and O–H groups in total. The standard InChI is InChI=1S/C21H24ClN3O4S/c1-14-7-6-8-15(11-14)20-23-19(29-24-20)13-25(21(2,3)4)30(26,27)18-12-16(22)9-10-17(18)28-5/h6-12H,13H2,1-5H3. The maximum Gasteiger partial charge on any atom is 0.247 e. The lowest BCUT2D eigenvalue weighted by Gasteiger charge is -2.33. The van der Waals surface area contributed by atoms with E-state index in [9.17, 15) is 8.42 Å². The minimum Gasteiger partial charge on any atom is -0.495 e. The van der Waals surface area contributed by atoms with Crippen LogP contribution in [0.1, 0.15) is 32.2 Å². The highest BCUT2D eigenvalue weighted by Gasteiger charge is 2.37. The first kappa shape index (κ1) is 22.3. The summed E-state index contributed by atoms with van der Waals surface area (Å²) in [6, 6.07) is 12.2. The highest BCUT2D eigenvalue weighted by atomic mass is 35.5. The van der Waals surface area contributed by atoms with Gasteiger partial charge in [-0.15, -0.1) is 0 Å². The molecule has 0 bridgehead atoms. The van der Waals surface area contributed by atoms with Gasteiger partial charge in [-0.3, -0.25) is 0 Å². The Morgan fingerprint density at radius 2 is 1.90 bits per heavy atom. The van der Waals surface area contributed by atoms with Crippen LogP contribution in [0, 0.1) is 6.92 Å². The van der Waals surface area contributed by atoms with Gasteiger partial charge in [0.2, 0.25) is 21.7 Å². The van der Waals surface area contributed by atoms with E-state index in [1.165, 1.54) is 23.5 Å². The first-order chi connectivity index (χ1) is 14.0. The average Bonchev–Trinajstić information content (AvgIpc) is 3.14. The van der Waals surface area contributed by atoms with Crippen molar-refractivity contribution >= 4 is 21.6 Å². The van der Waals surface area contributed by atoms with Crippen molar-refractivity contribution in [3.05, 3.63) is 58.9 Å². The topological polar surface area (TPSA) is 85.5 Å². The first-order valence-electron chi connectivity index (χ1n) is 9.28. The fraction of sp³-hybridized carbons (Fsp3) is 0.333. The molecule has 3 aromatic rings. The van der Waals surface area contributed by atoms with Gasteiger partial charge in [-0.1, -0.05) is 40.5 Å². The second-order valence-corrected chi connectivity index (χ2v) is 10.1. The molecule has 0 atom stereocenters. The quantitative estimate of drug-likeness (QED) is 0.542. The Balaban J connectivity index is 2.00. The van der Waals surface area contributed by atoms with Crippen molar-refractivity contribution in [2.24, 2.45) is 0 Å². The maximum absolute atomic E-state index is 13.5. The van der Waals surface area contributed by atoms with Gasteiger partial charge in [0.05, 0.1) is 13.7 Å². The second-order valence-electron chi connectivity index (χ2n) is 7.86. The largest absolute Gasteiger partial charge is 0.495 e. The molecule has 0 aliphatic heterocycles. The van der Waals surface area contributed by atoms with Gasteiger partial charge in [-0.2, -0.15) is 9.29 Å². The number of hydrogen-bond donors (Lipinski definition) is 0. The normalized spacial score (nSPS) is 12.4. The molecule has 0 saturated carbocycles. The van der Waals surface area contributed by atoms with E-state index >= 15 is 0 Å². The minimum absolute atomic E-state index is 0.0224. The molecule has 0 saturated heterocycles. The molecule has 0 fully saturated rings. The molecule has 0 amide bonds. The van der Waals surface area contributed by atoms with E-state index in [1.54, 1.807) is 26.8 Å². The molecule has 0 radical (unpaired) electrons. The number of hydrogen-bond acceptors (Lipinski definition) is 6. The number of rotatable bonds is 6. The van der Waals surface area contributed by atoms with Gasteiger partial charge in [0, 0.05) is 16.1 Å². The zero-order valence-electron chi connectivity index (χ0n) is 17.5. The lowest BCUT2D eigenvalue weighted by Crippen LogP contribution is -2.45. The smallest absolute Gasteiger partial charge is 0.247 e. The second kappa shape index (κ2) is 8.37. The van der Waals surface area contributed by atoms with Crippen LogP contribution in [0.2, 0.25) is 5.02 Å². The molecule has 160 valence electrons. The van der Waals surface area contributed by atoms with Crippen LogP contribution in [0.25, 0.3) is 11.4 Å². The summed E-state index contributed by atoms with van der Waals surface area (Å²) >= 11 is 6.06. The molecule has 3 rings (SSSR count). The van der Waals surface area contributed by atoms with E-state index in [4.69, 9.17) is 20.9 Å². The number of nitrogens with zero attached hydrogens (tertiary/aromatic N) is 3. The van der Waals surface area contributed by atoms with E-state index in [2.05, 4.69) is 10.1 Å². The number of halogens is 1. The fourth-order valence-corrected chi connectivity index (χ4v) is 5.15. The van der Waals surface area contributed by atoms with Crippen molar-refractivity contribution in [3.8, 4) is 17.1 Å². The summed E-state index contributed by atoms with van der Waals surface area (Å²) in [5, 5.41) is 4.31. The predicted octanol–water partition coefficient (Wildman–Crippen LogP) is 4.70. The minimum atomic E-state index is -3.99. The summed E-state index contributed by atoms with van der Waals surface area (Å²) in [5.41, 5.74) is 1.09. The Bertz CT molecular complexity index is 1150. The third-order valence-electron chi connectivity index (χ3n) is 4.47. The van der Waals surface area contributed by atoms with Crippen molar-refractivity contribution in [1.82, 2.24) is 14.4 Å². The Morgan fingerprint density at radius 1 is 1.17 bits per heavy atom. The number of aryl methyl sites for hydroxylation is 1. The molecule has 30 heavy (non-hydrogen) atoms. The molecule has 1 aromatic heterocycles. The van der Waals surface area contributed by atoms with E-state index in [-0.39, 0.29) is 23.1 Å². The third kappa shape index (κ3) is 4.66. The van der Waals surface area contributed by atoms with Crippen LogP contribution in [0.4, 0.5) is 0 Å². The molecule has 0 spiro atoms. The van der Waals surface area contributed by atoms with Crippen LogP contribution in [-0.4, -0.2) is 35.5 Å². The lowest BCUT2D eigenvalue weighted by molar-refractivity contribution is 0.214. The van der Waals surface area contributed by atoms with Crippen LogP contribution in [0.15, 0.2) is 51.9 Å². The van der Waals surface area contributed by atoms with Gasteiger partial charge in [0.25, 0.3) is 0 Å². The van der Waals surface area contributed by atoms with Crippen LogP contribution in [0.5, 0.6) is 5.75 Å². The van der Waals surface area contributed by atoms with E-state index in [0.717, 1.165) is 11.1 Å². The number of methoxy groups -OCH3 is 1. The predicted molar refractivity (Wildman–Crippen MR) is 115 cm³/mol. The molecule has 0 aliphatic rings. The molecular formula is C21H24ClN3O4S. The summed E-state index contributed by atoms with van der Waals surface area (Å²) in [5.74, 6) is 0.797. The van der Waals surface area contributed by atoms with Crippen molar-refractivity contribution in [2.75, 3.05) is 7.11 Å². The molecule has 0 unspecified atom stereocenters. The summed E-state index contributed by atoms with van der Waals surface area (Å²) in [6.07, 6.45) is 0. The summed E-state index contributed by atoms with van der Waals surface area (Å²) in [6.45, 7) is 7.25. The van der Waals surface area contributed by atoms with E-state index in [1.807, 2.05) is 31.2 Å². The Labute approximate surface area is 181 Å². The van der Waals surface area contributed by atoms with Crippen LogP contribution >= 0.6 is 11.6 Å². The summed E-state index contributed by atoms with van der Waals surface area (Å²) in [4.78, 5) is 4.38. The molecule has 1 heterocycles. The molecule has 2 aromatic carbocycles. The van der Waals surface area contributed by atoms with E-state index < -0.39 is 15.6 Å². The van der Waals surface area contributed by atoms with Gasteiger partial charge < -0.3 is 9.26 Å². The van der Waals surface area contributed by atoms with Crippen molar-refractivity contribution in [2.45, 2.75) is 44.7 Å². The fourth-order valence-electron chi connectivity index (χ4n) is 3.00. The summed E-state index contributed by atoms with van der Waals surface area (Å²) in [7, 11) is -2.58. The van der Waals surface area contributed by atoms with Gasteiger partial charge in [-0.05, 0) is 52.0 Å².